The second kappa shape index (κ2) is 15.9. The van der Waals surface area contributed by atoms with Crippen LogP contribution in [0.25, 0.3) is 32.3 Å². The average Bonchev–Trinajstić information content (AvgIpc) is 3.00. The first-order valence-electron chi connectivity index (χ1n) is 16.2. The summed E-state index contributed by atoms with van der Waals surface area (Å²) >= 11 is 0. The van der Waals surface area contributed by atoms with E-state index in [1.165, 1.54) is 68.8 Å². The standard InChI is InChI=1S/C18H13BO3.C18H38P/c20-19(21)22-17-7-3-6-12-8-9-15-10-13-4-1-2-5-14(13)11-16(15)18(12)17;1-4-7-15-19(16-8-5-2,17-9-6-3)18-13-11-10-12-14-18/h1-11,20-21H;18H,4-17H2,1-3H3/q;+1. The molecule has 41 heavy (non-hydrogen) atoms. The van der Waals surface area contributed by atoms with Crippen molar-refractivity contribution in [3.8, 4) is 5.75 Å². The Morgan fingerprint density at radius 2 is 1.24 bits per heavy atom. The summed E-state index contributed by atoms with van der Waals surface area (Å²) in [5.41, 5.74) is 1.17. The normalized spacial score (nSPS) is 14.3. The van der Waals surface area contributed by atoms with Crippen molar-refractivity contribution in [2.24, 2.45) is 0 Å². The highest BCUT2D eigenvalue weighted by Gasteiger charge is 2.43. The Balaban J connectivity index is 0.000000192. The molecule has 0 saturated heterocycles. The Morgan fingerprint density at radius 1 is 0.683 bits per heavy atom. The van der Waals surface area contributed by atoms with E-state index in [2.05, 4.69) is 51.1 Å². The molecule has 1 aliphatic rings. The molecule has 0 amide bonds. The molecule has 4 aromatic carbocycles. The van der Waals surface area contributed by atoms with E-state index in [4.69, 9.17) is 14.7 Å². The minimum absolute atomic E-state index is 0.466. The van der Waals surface area contributed by atoms with E-state index >= 15 is 0 Å². The highest BCUT2D eigenvalue weighted by molar-refractivity contribution is 7.76. The van der Waals surface area contributed by atoms with Crippen LogP contribution in [0.5, 0.6) is 5.75 Å². The number of hydrogen-bond donors (Lipinski definition) is 2. The van der Waals surface area contributed by atoms with E-state index in [0.29, 0.717) is 5.75 Å². The summed E-state index contributed by atoms with van der Waals surface area (Å²) in [7, 11) is -2.45. The van der Waals surface area contributed by atoms with Crippen molar-refractivity contribution in [1.29, 1.82) is 0 Å². The largest absolute Gasteiger partial charge is 0.707 e. The lowest BCUT2D eigenvalue weighted by molar-refractivity contribution is 0.289. The number of unbranched alkanes of at least 4 members (excludes halogenated alkanes) is 3. The van der Waals surface area contributed by atoms with E-state index in [1.807, 2.05) is 30.3 Å². The van der Waals surface area contributed by atoms with E-state index in [-0.39, 0.29) is 0 Å². The first-order chi connectivity index (χ1) is 20.0. The van der Waals surface area contributed by atoms with Crippen LogP contribution in [-0.2, 0) is 0 Å². The van der Waals surface area contributed by atoms with Gasteiger partial charge in [0.15, 0.2) is 0 Å². The first-order valence-corrected chi connectivity index (χ1v) is 18.7. The predicted octanol–water partition coefficient (Wildman–Crippen LogP) is 10.2. The maximum absolute atomic E-state index is 9.14. The van der Waals surface area contributed by atoms with Crippen LogP contribution in [0.2, 0.25) is 0 Å². The van der Waals surface area contributed by atoms with Gasteiger partial charge in [-0.05, 0) is 90.1 Å². The molecular weight excluding hydrogens is 522 g/mol. The second-order valence-electron chi connectivity index (χ2n) is 12.0. The minimum atomic E-state index is -1.83. The third kappa shape index (κ3) is 8.25. The van der Waals surface area contributed by atoms with Crippen LogP contribution in [0.15, 0.2) is 66.7 Å². The van der Waals surface area contributed by atoms with E-state index in [9.17, 15) is 0 Å². The summed E-state index contributed by atoms with van der Waals surface area (Å²) in [6.45, 7) is 7.15. The molecule has 0 aliphatic heterocycles. The van der Waals surface area contributed by atoms with Gasteiger partial charge in [-0.15, -0.1) is 0 Å². The topological polar surface area (TPSA) is 49.7 Å². The lowest BCUT2D eigenvalue weighted by atomic mass is 9.97. The average molecular weight is 574 g/mol. The molecule has 0 spiro atoms. The molecule has 1 saturated carbocycles. The maximum atomic E-state index is 9.14. The number of rotatable bonds is 12. The minimum Gasteiger partial charge on any atom is -0.511 e. The smallest absolute Gasteiger partial charge is 0.511 e. The van der Waals surface area contributed by atoms with Crippen molar-refractivity contribution >= 4 is 46.9 Å². The van der Waals surface area contributed by atoms with Gasteiger partial charge in [0.25, 0.3) is 0 Å². The zero-order valence-corrected chi connectivity index (χ0v) is 26.5. The molecule has 220 valence electrons. The maximum Gasteiger partial charge on any atom is 0.707 e. The summed E-state index contributed by atoms with van der Waals surface area (Å²) in [4.78, 5) is 0. The Labute approximate surface area is 249 Å². The highest BCUT2D eigenvalue weighted by Crippen LogP contribution is 2.67. The zero-order chi connectivity index (χ0) is 29.1. The molecule has 1 fully saturated rings. The molecule has 4 aromatic rings. The van der Waals surface area contributed by atoms with Crippen LogP contribution in [0, 0.1) is 0 Å². The highest BCUT2D eigenvalue weighted by atomic mass is 31.2. The third-order valence-electron chi connectivity index (χ3n) is 9.14. The van der Waals surface area contributed by atoms with Gasteiger partial charge in [-0.2, -0.15) is 0 Å². The molecule has 0 atom stereocenters. The van der Waals surface area contributed by atoms with Crippen LogP contribution in [0.3, 0.4) is 0 Å². The monoisotopic (exact) mass is 573 g/mol. The van der Waals surface area contributed by atoms with E-state index in [0.717, 1.165) is 26.9 Å². The zero-order valence-electron chi connectivity index (χ0n) is 25.7. The molecule has 3 nitrogen and oxygen atoms in total. The van der Waals surface area contributed by atoms with Gasteiger partial charge in [-0.3, -0.25) is 0 Å². The summed E-state index contributed by atoms with van der Waals surface area (Å²) in [6, 6.07) is 22.1. The van der Waals surface area contributed by atoms with Gasteiger partial charge in [0.2, 0.25) is 0 Å². The lowest BCUT2D eigenvalue weighted by Gasteiger charge is -2.37. The number of fused-ring (bicyclic) bond motifs is 4. The van der Waals surface area contributed by atoms with Crippen molar-refractivity contribution in [3.63, 3.8) is 0 Å². The molecule has 0 aromatic heterocycles. The molecule has 5 rings (SSSR count). The van der Waals surface area contributed by atoms with Gasteiger partial charge in [-0.25, -0.2) is 0 Å². The van der Waals surface area contributed by atoms with Gasteiger partial charge < -0.3 is 14.7 Å². The fourth-order valence-electron chi connectivity index (χ4n) is 6.91. The van der Waals surface area contributed by atoms with Crippen LogP contribution in [0.4, 0.5) is 0 Å². The van der Waals surface area contributed by atoms with Crippen molar-refractivity contribution in [2.45, 2.75) is 97.1 Å². The second-order valence-corrected chi connectivity index (χ2v) is 16.5. The Hall–Kier alpha value is -2.13. The van der Waals surface area contributed by atoms with Gasteiger partial charge in [0, 0.05) is 12.6 Å². The third-order valence-corrected chi connectivity index (χ3v) is 14.8. The van der Waals surface area contributed by atoms with Crippen molar-refractivity contribution in [3.05, 3.63) is 66.7 Å². The molecular formula is C36H51BO3P+. The Morgan fingerprint density at radius 3 is 1.83 bits per heavy atom. The van der Waals surface area contributed by atoms with E-state index in [1.54, 1.807) is 37.4 Å². The fraction of sp³-hybridized carbons (Fsp3) is 0.500. The number of hydrogen-bond acceptors (Lipinski definition) is 3. The van der Waals surface area contributed by atoms with Crippen LogP contribution in [-0.4, -0.2) is 41.5 Å². The Kier molecular flexibility index (Phi) is 12.3. The Bertz CT molecular complexity index is 1340. The van der Waals surface area contributed by atoms with Gasteiger partial charge >= 0.3 is 7.32 Å². The van der Waals surface area contributed by atoms with E-state index < -0.39 is 14.6 Å². The molecule has 5 heteroatoms. The molecule has 0 bridgehead atoms. The molecule has 0 radical (unpaired) electrons. The SMILES string of the molecule is CCCC[P+](CCCC)(CCCC)C1CCCCC1.OB(O)Oc1cccc2ccc3cc4ccccc4cc3c12. The van der Waals surface area contributed by atoms with Crippen LogP contribution < -0.4 is 4.65 Å². The molecule has 2 N–H and O–H groups in total. The lowest BCUT2D eigenvalue weighted by Crippen LogP contribution is -2.24. The summed E-state index contributed by atoms with van der Waals surface area (Å²) in [5, 5.41) is 24.6. The van der Waals surface area contributed by atoms with Gasteiger partial charge in [-0.1, -0.05) is 95.0 Å². The van der Waals surface area contributed by atoms with Crippen molar-refractivity contribution in [1.82, 2.24) is 0 Å². The predicted molar refractivity (Wildman–Crippen MR) is 183 cm³/mol. The number of benzene rings is 4. The van der Waals surface area contributed by atoms with Crippen LogP contribution in [0.1, 0.15) is 91.4 Å². The quantitative estimate of drug-likeness (QED) is 0.0767. The summed E-state index contributed by atoms with van der Waals surface area (Å²) < 4.78 is 5.16. The van der Waals surface area contributed by atoms with Gasteiger partial charge in [0.05, 0.1) is 24.1 Å². The first kappa shape index (κ1) is 31.8. The van der Waals surface area contributed by atoms with Crippen molar-refractivity contribution in [2.75, 3.05) is 18.5 Å². The van der Waals surface area contributed by atoms with Gasteiger partial charge in [0.1, 0.15) is 5.75 Å². The molecule has 0 heterocycles. The molecule has 1 aliphatic carbocycles. The fourth-order valence-corrected chi connectivity index (χ4v) is 13.0. The summed E-state index contributed by atoms with van der Waals surface area (Å²) in [5.74, 6) is 0.466. The molecule has 0 unspecified atom stereocenters. The summed E-state index contributed by atoms with van der Waals surface area (Å²) in [6.07, 6.45) is 21.4. The van der Waals surface area contributed by atoms with Crippen LogP contribution >= 0.6 is 7.26 Å². The van der Waals surface area contributed by atoms with Crippen molar-refractivity contribution < 1.29 is 14.7 Å².